The van der Waals surface area contributed by atoms with Gasteiger partial charge in [0.05, 0.1) is 11.4 Å². The maximum absolute atomic E-state index is 13.6. The van der Waals surface area contributed by atoms with Crippen LogP contribution in [-0.4, -0.2) is 20.1 Å². The van der Waals surface area contributed by atoms with Crippen molar-refractivity contribution in [2.75, 3.05) is 5.32 Å². The van der Waals surface area contributed by atoms with E-state index in [0.29, 0.717) is 24.2 Å². The summed E-state index contributed by atoms with van der Waals surface area (Å²) >= 11 is 0. The predicted octanol–water partition coefficient (Wildman–Crippen LogP) is 3.94. The molecule has 11 heteroatoms. The number of rotatable bonds is 5. The van der Waals surface area contributed by atoms with Crippen molar-refractivity contribution < 1.29 is 17.9 Å². The van der Waals surface area contributed by atoms with Gasteiger partial charge in [-0.1, -0.05) is 25.1 Å². The summed E-state index contributed by atoms with van der Waals surface area (Å²) < 4.78 is 45.9. The van der Waals surface area contributed by atoms with Crippen LogP contribution < -0.4 is 22.1 Å². The summed E-state index contributed by atoms with van der Waals surface area (Å²) in [6, 6.07) is 9.76. The number of halogens is 3. The standard InChI is InChI=1S/C25H23F3N4O4/c1-14-12-15(8-11-19(14)36-25(26,27)28)29-18-13-20(33)30(2)22-21(18)23(34)32(17-9-10-17)24(35)31(22)16-6-4-3-5-7-16/h3-8,11,13-14,17,29H,9-10,12H2,1-2H3. The molecule has 0 bridgehead atoms. The van der Waals surface area contributed by atoms with Gasteiger partial charge in [0.2, 0.25) is 0 Å². The number of aryl methyl sites for hydroxylation is 1. The topological polar surface area (TPSA) is 87.3 Å². The molecular formula is C25H23F3N4O4. The first-order valence-corrected chi connectivity index (χ1v) is 11.5. The Kier molecular flexibility index (Phi) is 5.65. The van der Waals surface area contributed by atoms with E-state index >= 15 is 0 Å². The van der Waals surface area contributed by atoms with Crippen LogP contribution in [0.5, 0.6) is 0 Å². The summed E-state index contributed by atoms with van der Waals surface area (Å²) in [6.45, 7) is 1.58. The molecule has 1 unspecified atom stereocenters. The first-order chi connectivity index (χ1) is 17.0. The fourth-order valence-corrected chi connectivity index (χ4v) is 4.51. The molecule has 5 rings (SSSR count). The van der Waals surface area contributed by atoms with E-state index in [0.717, 1.165) is 0 Å². The van der Waals surface area contributed by atoms with E-state index in [2.05, 4.69) is 10.1 Å². The van der Waals surface area contributed by atoms with Gasteiger partial charge in [-0.2, -0.15) is 0 Å². The average molecular weight is 500 g/mol. The average Bonchev–Trinajstić information content (AvgIpc) is 3.64. The van der Waals surface area contributed by atoms with Gasteiger partial charge in [0.1, 0.15) is 16.8 Å². The molecule has 1 N–H and O–H groups in total. The Morgan fingerprint density at radius 2 is 1.75 bits per heavy atom. The van der Waals surface area contributed by atoms with Gasteiger partial charge in [-0.3, -0.25) is 18.7 Å². The van der Waals surface area contributed by atoms with E-state index in [1.165, 1.54) is 39.0 Å². The number of aromatic nitrogens is 3. The molecule has 2 aliphatic carbocycles. The number of anilines is 1. The molecular weight excluding hydrogens is 477 g/mol. The molecule has 1 atom stereocenters. The maximum atomic E-state index is 13.6. The van der Waals surface area contributed by atoms with E-state index < -0.39 is 29.1 Å². The largest absolute Gasteiger partial charge is 0.572 e. The van der Waals surface area contributed by atoms with Crippen LogP contribution in [0.2, 0.25) is 0 Å². The normalized spacial score (nSPS) is 18.1. The second-order valence-corrected chi connectivity index (χ2v) is 9.05. The SMILES string of the molecule is CC1CC(Nc2cc(=O)n(C)c3c2c(=O)n(C2CC2)c(=O)n3-c2ccccc2)=CC=C1OC(F)(F)F. The van der Waals surface area contributed by atoms with Gasteiger partial charge in [-0.15, -0.1) is 13.2 Å². The molecule has 0 radical (unpaired) electrons. The molecule has 2 aromatic heterocycles. The molecule has 1 fully saturated rings. The Balaban J connectivity index is 1.72. The van der Waals surface area contributed by atoms with Gasteiger partial charge < -0.3 is 10.1 Å². The van der Waals surface area contributed by atoms with Crippen LogP contribution in [0.4, 0.5) is 18.9 Å². The van der Waals surface area contributed by atoms with Crippen molar-refractivity contribution in [2.24, 2.45) is 13.0 Å². The molecule has 8 nitrogen and oxygen atoms in total. The number of allylic oxidation sites excluding steroid dienone is 4. The lowest BCUT2D eigenvalue weighted by Crippen LogP contribution is -2.41. The number of nitrogens with one attached hydrogen (secondary N) is 1. The second kappa shape index (κ2) is 8.58. The minimum atomic E-state index is -4.80. The van der Waals surface area contributed by atoms with Crippen molar-refractivity contribution >= 4 is 16.7 Å². The van der Waals surface area contributed by atoms with Crippen LogP contribution >= 0.6 is 0 Å². The summed E-state index contributed by atoms with van der Waals surface area (Å²) in [5.41, 5.74) is -0.204. The molecule has 0 spiro atoms. The Hall–Kier alpha value is -4.02. The van der Waals surface area contributed by atoms with Crippen molar-refractivity contribution in [3.05, 3.63) is 91.2 Å². The lowest BCUT2D eigenvalue weighted by atomic mass is 9.98. The molecule has 36 heavy (non-hydrogen) atoms. The van der Waals surface area contributed by atoms with Crippen molar-refractivity contribution in [2.45, 2.75) is 38.6 Å². The number of fused-ring (bicyclic) bond motifs is 1. The molecule has 1 aromatic carbocycles. The first kappa shape index (κ1) is 23.7. The number of para-hydroxylation sites is 1. The van der Waals surface area contributed by atoms with Crippen molar-refractivity contribution in [1.82, 2.24) is 13.7 Å². The third-order valence-electron chi connectivity index (χ3n) is 6.37. The Morgan fingerprint density at radius 3 is 2.36 bits per heavy atom. The molecule has 0 aliphatic heterocycles. The molecule has 0 amide bonds. The quantitative estimate of drug-likeness (QED) is 0.574. The highest BCUT2D eigenvalue weighted by Gasteiger charge is 2.35. The zero-order chi connectivity index (χ0) is 25.8. The van der Waals surface area contributed by atoms with Crippen molar-refractivity contribution in [1.29, 1.82) is 0 Å². The van der Waals surface area contributed by atoms with E-state index in [-0.39, 0.29) is 34.9 Å². The fourth-order valence-electron chi connectivity index (χ4n) is 4.51. The third kappa shape index (κ3) is 4.25. The fraction of sp³-hybridized carbons (Fsp3) is 0.320. The minimum absolute atomic E-state index is 0.129. The van der Waals surface area contributed by atoms with Gasteiger partial charge in [0, 0.05) is 30.8 Å². The number of nitrogens with zero attached hydrogens (tertiary/aromatic N) is 3. The summed E-state index contributed by atoms with van der Waals surface area (Å²) in [5, 5.41) is 3.21. The van der Waals surface area contributed by atoms with Crippen LogP contribution in [0.3, 0.4) is 0 Å². The Labute approximate surface area is 202 Å². The maximum Gasteiger partial charge on any atom is 0.572 e. The van der Waals surface area contributed by atoms with Crippen LogP contribution in [0, 0.1) is 5.92 Å². The first-order valence-electron chi connectivity index (χ1n) is 11.5. The van der Waals surface area contributed by atoms with Crippen LogP contribution in [0.1, 0.15) is 32.2 Å². The van der Waals surface area contributed by atoms with Gasteiger partial charge in [-0.05, 0) is 43.5 Å². The molecule has 188 valence electrons. The van der Waals surface area contributed by atoms with Crippen LogP contribution in [-0.2, 0) is 11.8 Å². The van der Waals surface area contributed by atoms with Crippen LogP contribution in [0.15, 0.2) is 74.4 Å². The molecule has 0 saturated heterocycles. The molecule has 2 aliphatic rings. The predicted molar refractivity (Wildman–Crippen MR) is 128 cm³/mol. The lowest BCUT2D eigenvalue weighted by Gasteiger charge is -2.24. The Morgan fingerprint density at radius 1 is 1.06 bits per heavy atom. The molecule has 1 saturated carbocycles. The Bertz CT molecular complexity index is 1590. The molecule has 3 aromatic rings. The smallest absolute Gasteiger partial charge is 0.410 e. The van der Waals surface area contributed by atoms with Gasteiger partial charge >= 0.3 is 12.1 Å². The monoisotopic (exact) mass is 500 g/mol. The second-order valence-electron chi connectivity index (χ2n) is 9.05. The minimum Gasteiger partial charge on any atom is -0.410 e. The summed E-state index contributed by atoms with van der Waals surface area (Å²) in [5.74, 6) is -0.821. The van der Waals surface area contributed by atoms with E-state index in [4.69, 9.17) is 0 Å². The zero-order valence-corrected chi connectivity index (χ0v) is 19.5. The highest BCUT2D eigenvalue weighted by Crippen LogP contribution is 2.34. The number of benzene rings is 1. The number of hydrogen-bond donors (Lipinski definition) is 1. The number of ether oxygens (including phenoxy) is 1. The van der Waals surface area contributed by atoms with E-state index in [1.54, 1.807) is 37.3 Å². The number of pyridine rings is 1. The van der Waals surface area contributed by atoms with Crippen molar-refractivity contribution in [3.8, 4) is 5.69 Å². The summed E-state index contributed by atoms with van der Waals surface area (Å²) in [6.07, 6.45) is -0.602. The summed E-state index contributed by atoms with van der Waals surface area (Å²) in [4.78, 5) is 40.1. The van der Waals surface area contributed by atoms with Crippen LogP contribution in [0.25, 0.3) is 16.7 Å². The van der Waals surface area contributed by atoms with Crippen molar-refractivity contribution in [3.63, 3.8) is 0 Å². The molecule has 2 heterocycles. The highest BCUT2D eigenvalue weighted by molar-refractivity contribution is 5.90. The zero-order valence-electron chi connectivity index (χ0n) is 19.5. The lowest BCUT2D eigenvalue weighted by molar-refractivity contribution is -0.308. The van der Waals surface area contributed by atoms with E-state index in [1.807, 2.05) is 0 Å². The third-order valence-corrected chi connectivity index (χ3v) is 6.37. The number of alkyl halides is 3. The van der Waals surface area contributed by atoms with Gasteiger partial charge in [-0.25, -0.2) is 9.36 Å². The van der Waals surface area contributed by atoms with E-state index in [9.17, 15) is 27.6 Å². The highest BCUT2D eigenvalue weighted by atomic mass is 19.4. The summed E-state index contributed by atoms with van der Waals surface area (Å²) in [7, 11) is 1.49. The number of hydrogen-bond acceptors (Lipinski definition) is 5. The van der Waals surface area contributed by atoms with Gasteiger partial charge in [0.15, 0.2) is 0 Å². The van der Waals surface area contributed by atoms with Gasteiger partial charge in [0.25, 0.3) is 11.1 Å².